The fraction of sp³-hybridized carbons (Fsp3) is 0.545. The summed E-state index contributed by atoms with van der Waals surface area (Å²) in [5.74, 6) is 0.788. The zero-order valence-corrected chi connectivity index (χ0v) is 9.27. The van der Waals surface area contributed by atoms with Gasteiger partial charge < -0.3 is 15.2 Å². The fourth-order valence-electron chi connectivity index (χ4n) is 1.22. The van der Waals surface area contributed by atoms with E-state index in [1.807, 2.05) is 26.0 Å². The molecule has 0 aliphatic carbocycles. The van der Waals surface area contributed by atoms with Gasteiger partial charge in [-0.15, -0.1) is 0 Å². The standard InChI is InChI=1S/C11H18N2O2/c1-3-14-10(7-12)8-15-11-5-4-6-13-9(11)2/h4-6,10H,3,7-8,12H2,1-2H3. The fourth-order valence-corrected chi connectivity index (χ4v) is 1.22. The number of aromatic nitrogens is 1. The molecule has 0 radical (unpaired) electrons. The Bertz CT molecular complexity index is 292. The van der Waals surface area contributed by atoms with Crippen LogP contribution in [0.15, 0.2) is 18.3 Å². The summed E-state index contributed by atoms with van der Waals surface area (Å²) in [6.07, 6.45) is 1.69. The molecule has 1 aromatic heterocycles. The largest absolute Gasteiger partial charge is 0.489 e. The van der Waals surface area contributed by atoms with E-state index in [0.717, 1.165) is 11.4 Å². The molecule has 15 heavy (non-hydrogen) atoms. The van der Waals surface area contributed by atoms with E-state index < -0.39 is 0 Å². The smallest absolute Gasteiger partial charge is 0.140 e. The highest BCUT2D eigenvalue weighted by atomic mass is 16.5. The van der Waals surface area contributed by atoms with Crippen LogP contribution in [-0.2, 0) is 4.74 Å². The summed E-state index contributed by atoms with van der Waals surface area (Å²) >= 11 is 0. The second-order valence-corrected chi connectivity index (χ2v) is 3.21. The molecule has 1 heterocycles. The first-order valence-corrected chi connectivity index (χ1v) is 5.14. The van der Waals surface area contributed by atoms with Gasteiger partial charge in [-0.25, -0.2) is 0 Å². The number of nitrogens with two attached hydrogens (primary N) is 1. The second kappa shape index (κ2) is 6.37. The van der Waals surface area contributed by atoms with E-state index in [1.165, 1.54) is 0 Å². The number of rotatable bonds is 6. The minimum absolute atomic E-state index is 0.0467. The number of ether oxygens (including phenoxy) is 2. The monoisotopic (exact) mass is 210 g/mol. The molecule has 0 aliphatic heterocycles. The molecule has 1 atom stereocenters. The zero-order chi connectivity index (χ0) is 11.1. The Morgan fingerprint density at radius 3 is 2.93 bits per heavy atom. The van der Waals surface area contributed by atoms with Crippen molar-refractivity contribution < 1.29 is 9.47 Å². The zero-order valence-electron chi connectivity index (χ0n) is 9.27. The van der Waals surface area contributed by atoms with Crippen molar-refractivity contribution in [3.8, 4) is 5.75 Å². The van der Waals surface area contributed by atoms with E-state index in [9.17, 15) is 0 Å². The van der Waals surface area contributed by atoms with Gasteiger partial charge in [0.15, 0.2) is 0 Å². The molecule has 0 aromatic carbocycles. The summed E-state index contributed by atoms with van der Waals surface area (Å²) in [5.41, 5.74) is 6.42. The van der Waals surface area contributed by atoms with Gasteiger partial charge in [0.25, 0.3) is 0 Å². The minimum Gasteiger partial charge on any atom is -0.489 e. The first-order chi connectivity index (χ1) is 7.27. The van der Waals surface area contributed by atoms with Gasteiger partial charge in [-0.3, -0.25) is 4.98 Å². The van der Waals surface area contributed by atoms with Gasteiger partial charge >= 0.3 is 0 Å². The summed E-state index contributed by atoms with van der Waals surface area (Å²) in [6.45, 7) is 5.44. The molecule has 0 saturated carbocycles. The van der Waals surface area contributed by atoms with Crippen molar-refractivity contribution >= 4 is 0 Å². The maximum Gasteiger partial charge on any atom is 0.140 e. The van der Waals surface area contributed by atoms with Crippen LogP contribution in [0.1, 0.15) is 12.6 Å². The van der Waals surface area contributed by atoms with Crippen LogP contribution >= 0.6 is 0 Å². The number of pyridine rings is 1. The van der Waals surface area contributed by atoms with Gasteiger partial charge in [-0.2, -0.15) is 0 Å². The molecule has 0 bridgehead atoms. The molecular formula is C11H18N2O2. The summed E-state index contributed by atoms with van der Waals surface area (Å²) in [4.78, 5) is 4.13. The Balaban J connectivity index is 2.45. The number of hydrogen-bond acceptors (Lipinski definition) is 4. The number of nitrogens with zero attached hydrogens (tertiary/aromatic N) is 1. The van der Waals surface area contributed by atoms with E-state index in [-0.39, 0.29) is 6.10 Å². The molecule has 0 amide bonds. The molecule has 2 N–H and O–H groups in total. The second-order valence-electron chi connectivity index (χ2n) is 3.21. The molecule has 0 saturated heterocycles. The topological polar surface area (TPSA) is 57.4 Å². The van der Waals surface area contributed by atoms with Crippen LogP contribution in [0.3, 0.4) is 0 Å². The first-order valence-electron chi connectivity index (χ1n) is 5.14. The van der Waals surface area contributed by atoms with Crippen LogP contribution in [-0.4, -0.2) is 30.8 Å². The molecule has 0 aliphatic rings. The van der Waals surface area contributed by atoms with E-state index >= 15 is 0 Å². The summed E-state index contributed by atoms with van der Waals surface area (Å²) in [5, 5.41) is 0. The Morgan fingerprint density at radius 2 is 2.33 bits per heavy atom. The van der Waals surface area contributed by atoms with Gasteiger partial charge in [0.1, 0.15) is 18.5 Å². The molecule has 4 heteroatoms. The molecule has 0 spiro atoms. The summed E-state index contributed by atoms with van der Waals surface area (Å²) in [7, 11) is 0. The Kier molecular flexibility index (Phi) is 5.07. The van der Waals surface area contributed by atoms with Crippen LogP contribution in [0.2, 0.25) is 0 Å². The van der Waals surface area contributed by atoms with Crippen molar-refractivity contribution in [2.45, 2.75) is 20.0 Å². The highest BCUT2D eigenvalue weighted by Crippen LogP contribution is 2.13. The van der Waals surface area contributed by atoms with Gasteiger partial charge in [-0.05, 0) is 26.0 Å². The maximum absolute atomic E-state index is 5.57. The quantitative estimate of drug-likeness (QED) is 0.764. The lowest BCUT2D eigenvalue weighted by Crippen LogP contribution is -2.30. The van der Waals surface area contributed by atoms with Crippen LogP contribution in [0.4, 0.5) is 0 Å². The Hall–Kier alpha value is -1.13. The van der Waals surface area contributed by atoms with Gasteiger partial charge in [0.2, 0.25) is 0 Å². The third kappa shape index (κ3) is 3.85. The average Bonchev–Trinajstić information content (AvgIpc) is 2.26. The summed E-state index contributed by atoms with van der Waals surface area (Å²) in [6, 6.07) is 3.74. The highest BCUT2D eigenvalue weighted by molar-refractivity contribution is 5.25. The van der Waals surface area contributed by atoms with Crippen molar-refractivity contribution in [1.29, 1.82) is 0 Å². The predicted octanol–water partition coefficient (Wildman–Crippen LogP) is 1.13. The van der Waals surface area contributed by atoms with Crippen molar-refractivity contribution in [2.75, 3.05) is 19.8 Å². The maximum atomic E-state index is 5.57. The SMILES string of the molecule is CCOC(CN)COc1cccnc1C. The number of aryl methyl sites for hydroxylation is 1. The first kappa shape index (κ1) is 11.9. The average molecular weight is 210 g/mol. The van der Waals surface area contributed by atoms with Crippen molar-refractivity contribution in [2.24, 2.45) is 5.73 Å². The van der Waals surface area contributed by atoms with Crippen molar-refractivity contribution in [3.05, 3.63) is 24.0 Å². The molecular weight excluding hydrogens is 192 g/mol. The molecule has 0 fully saturated rings. The minimum atomic E-state index is -0.0467. The molecule has 4 nitrogen and oxygen atoms in total. The molecule has 1 unspecified atom stereocenters. The van der Waals surface area contributed by atoms with E-state index in [4.69, 9.17) is 15.2 Å². The third-order valence-electron chi connectivity index (χ3n) is 2.05. The molecule has 1 rings (SSSR count). The van der Waals surface area contributed by atoms with Crippen molar-refractivity contribution in [1.82, 2.24) is 4.98 Å². The third-order valence-corrected chi connectivity index (χ3v) is 2.05. The Morgan fingerprint density at radius 1 is 1.53 bits per heavy atom. The lowest BCUT2D eigenvalue weighted by Gasteiger charge is -2.16. The van der Waals surface area contributed by atoms with E-state index in [0.29, 0.717) is 19.8 Å². The highest BCUT2D eigenvalue weighted by Gasteiger charge is 2.07. The lowest BCUT2D eigenvalue weighted by molar-refractivity contribution is 0.0334. The normalized spacial score (nSPS) is 12.5. The van der Waals surface area contributed by atoms with Gasteiger partial charge in [0.05, 0.1) is 5.69 Å². The van der Waals surface area contributed by atoms with Gasteiger partial charge in [-0.1, -0.05) is 0 Å². The van der Waals surface area contributed by atoms with Crippen LogP contribution < -0.4 is 10.5 Å². The van der Waals surface area contributed by atoms with Crippen LogP contribution in [0.5, 0.6) is 5.75 Å². The van der Waals surface area contributed by atoms with E-state index in [2.05, 4.69) is 4.98 Å². The molecule has 1 aromatic rings. The summed E-state index contributed by atoms with van der Waals surface area (Å²) < 4.78 is 11.0. The molecule has 84 valence electrons. The number of hydrogen-bond donors (Lipinski definition) is 1. The van der Waals surface area contributed by atoms with E-state index in [1.54, 1.807) is 6.20 Å². The van der Waals surface area contributed by atoms with Gasteiger partial charge in [0, 0.05) is 19.3 Å². The lowest BCUT2D eigenvalue weighted by atomic mass is 10.3. The predicted molar refractivity (Wildman–Crippen MR) is 58.9 cm³/mol. The van der Waals surface area contributed by atoms with Crippen LogP contribution in [0, 0.1) is 6.92 Å². The van der Waals surface area contributed by atoms with Crippen molar-refractivity contribution in [3.63, 3.8) is 0 Å². The Labute approximate surface area is 90.4 Å². The van der Waals surface area contributed by atoms with Crippen LogP contribution in [0.25, 0.3) is 0 Å².